The summed E-state index contributed by atoms with van der Waals surface area (Å²) in [5.41, 5.74) is 1.68. The van der Waals surface area contributed by atoms with Gasteiger partial charge < -0.3 is 29.0 Å². The monoisotopic (exact) mass is 503 g/mol. The van der Waals surface area contributed by atoms with E-state index in [-0.39, 0.29) is 23.4 Å². The molecule has 8 heteroatoms. The lowest BCUT2D eigenvalue weighted by Gasteiger charge is -2.26. The molecule has 0 radical (unpaired) electrons. The Morgan fingerprint density at radius 2 is 1.57 bits per heavy atom. The fourth-order valence-corrected chi connectivity index (χ4v) is 4.40. The highest BCUT2D eigenvalue weighted by Crippen LogP contribution is 2.43. The lowest BCUT2D eigenvalue weighted by atomic mass is 9.94. The van der Waals surface area contributed by atoms with Crippen LogP contribution in [0.25, 0.3) is 5.76 Å². The maximum Gasteiger partial charge on any atom is 0.295 e. The van der Waals surface area contributed by atoms with Gasteiger partial charge in [-0.25, -0.2) is 0 Å². The van der Waals surface area contributed by atoms with Crippen molar-refractivity contribution < 1.29 is 33.6 Å². The van der Waals surface area contributed by atoms with Crippen molar-refractivity contribution in [2.75, 3.05) is 27.9 Å². The number of ketones is 1. The van der Waals surface area contributed by atoms with E-state index >= 15 is 0 Å². The molecule has 4 rings (SSSR count). The highest BCUT2D eigenvalue weighted by molar-refractivity contribution is 6.46. The molecule has 37 heavy (non-hydrogen) atoms. The number of aliphatic hydroxyl groups is 1. The standard InChI is InChI=1S/C29H29NO7/c1-5-37-22-8-6-7-19(15-22)26-25(27(31)23-14-13-21(35-3)16-24(23)36-4)28(32)29(33)30(26)17-18-9-11-20(34-2)12-10-18/h6-16,26,31H,5,17H2,1-4H3/b27-25+. The summed E-state index contributed by atoms with van der Waals surface area (Å²) in [5.74, 6) is 0.277. The van der Waals surface area contributed by atoms with E-state index in [0.29, 0.717) is 35.2 Å². The third-order valence-corrected chi connectivity index (χ3v) is 6.20. The molecule has 0 bridgehead atoms. The van der Waals surface area contributed by atoms with Crippen LogP contribution in [-0.4, -0.2) is 49.6 Å². The third-order valence-electron chi connectivity index (χ3n) is 6.20. The van der Waals surface area contributed by atoms with Gasteiger partial charge in [0.2, 0.25) is 0 Å². The molecule has 8 nitrogen and oxygen atoms in total. The van der Waals surface area contributed by atoms with Crippen LogP contribution in [0.4, 0.5) is 0 Å². The number of nitrogens with zero attached hydrogens (tertiary/aromatic N) is 1. The molecule has 1 aliphatic rings. The van der Waals surface area contributed by atoms with Crippen LogP contribution in [0.2, 0.25) is 0 Å². The summed E-state index contributed by atoms with van der Waals surface area (Å²) in [6, 6.07) is 18.4. The van der Waals surface area contributed by atoms with E-state index < -0.39 is 17.7 Å². The van der Waals surface area contributed by atoms with E-state index in [2.05, 4.69) is 0 Å². The number of ether oxygens (including phenoxy) is 4. The molecule has 0 aliphatic carbocycles. The minimum Gasteiger partial charge on any atom is -0.507 e. The Hall–Kier alpha value is -4.46. The van der Waals surface area contributed by atoms with Gasteiger partial charge in [-0.15, -0.1) is 0 Å². The Kier molecular flexibility index (Phi) is 7.67. The fourth-order valence-electron chi connectivity index (χ4n) is 4.40. The zero-order chi connectivity index (χ0) is 26.5. The smallest absolute Gasteiger partial charge is 0.295 e. The van der Waals surface area contributed by atoms with E-state index in [9.17, 15) is 14.7 Å². The van der Waals surface area contributed by atoms with Gasteiger partial charge in [0, 0.05) is 12.6 Å². The Morgan fingerprint density at radius 1 is 0.865 bits per heavy atom. The van der Waals surface area contributed by atoms with Crippen LogP contribution in [-0.2, 0) is 16.1 Å². The maximum absolute atomic E-state index is 13.4. The number of carbonyl (C=O) groups excluding carboxylic acids is 2. The second-order valence-electron chi connectivity index (χ2n) is 8.35. The number of hydrogen-bond donors (Lipinski definition) is 1. The Morgan fingerprint density at radius 3 is 2.22 bits per heavy atom. The molecule has 1 aliphatic heterocycles. The van der Waals surface area contributed by atoms with E-state index in [1.165, 1.54) is 19.1 Å². The molecule has 0 aromatic heterocycles. The highest BCUT2D eigenvalue weighted by atomic mass is 16.5. The molecule has 1 unspecified atom stereocenters. The van der Waals surface area contributed by atoms with Crippen molar-refractivity contribution >= 4 is 17.4 Å². The molecule has 1 amide bonds. The van der Waals surface area contributed by atoms with Gasteiger partial charge in [0.25, 0.3) is 11.7 Å². The van der Waals surface area contributed by atoms with E-state index in [0.717, 1.165) is 5.56 Å². The van der Waals surface area contributed by atoms with Gasteiger partial charge in [-0.3, -0.25) is 9.59 Å². The zero-order valence-corrected chi connectivity index (χ0v) is 21.2. The SMILES string of the molecule is CCOc1cccc(C2/C(=C(\O)c3ccc(OC)cc3OC)C(=O)C(=O)N2Cc2ccc(OC)cc2)c1. The minimum atomic E-state index is -0.852. The zero-order valence-electron chi connectivity index (χ0n) is 21.2. The topological polar surface area (TPSA) is 94.5 Å². The Bertz CT molecular complexity index is 1330. The van der Waals surface area contributed by atoms with Gasteiger partial charge >= 0.3 is 0 Å². The van der Waals surface area contributed by atoms with Gasteiger partial charge in [0.1, 0.15) is 28.8 Å². The van der Waals surface area contributed by atoms with Crippen molar-refractivity contribution in [1.82, 2.24) is 4.90 Å². The fraction of sp³-hybridized carbons (Fsp3) is 0.241. The summed E-state index contributed by atoms with van der Waals surface area (Å²) in [4.78, 5) is 28.2. The molecule has 0 spiro atoms. The van der Waals surface area contributed by atoms with Crippen LogP contribution < -0.4 is 18.9 Å². The number of carbonyl (C=O) groups is 2. The summed E-state index contributed by atoms with van der Waals surface area (Å²) >= 11 is 0. The second-order valence-corrected chi connectivity index (χ2v) is 8.35. The van der Waals surface area contributed by atoms with Crippen molar-refractivity contribution in [3.63, 3.8) is 0 Å². The summed E-state index contributed by atoms with van der Waals surface area (Å²) in [6.07, 6.45) is 0. The molecule has 1 atom stereocenters. The lowest BCUT2D eigenvalue weighted by molar-refractivity contribution is -0.140. The Balaban J connectivity index is 1.87. The van der Waals surface area contributed by atoms with Gasteiger partial charge in [-0.1, -0.05) is 24.3 Å². The minimum absolute atomic E-state index is 0.0318. The van der Waals surface area contributed by atoms with Crippen LogP contribution in [0.5, 0.6) is 23.0 Å². The molecular weight excluding hydrogens is 474 g/mol. The van der Waals surface area contributed by atoms with Crippen LogP contribution in [0.3, 0.4) is 0 Å². The van der Waals surface area contributed by atoms with E-state index in [1.54, 1.807) is 61.7 Å². The second kappa shape index (κ2) is 11.1. The van der Waals surface area contributed by atoms with Crippen molar-refractivity contribution in [3.05, 3.63) is 89.0 Å². The number of hydrogen-bond acceptors (Lipinski definition) is 7. The highest BCUT2D eigenvalue weighted by Gasteiger charge is 2.46. The lowest BCUT2D eigenvalue weighted by Crippen LogP contribution is -2.29. The van der Waals surface area contributed by atoms with Crippen LogP contribution >= 0.6 is 0 Å². The summed E-state index contributed by atoms with van der Waals surface area (Å²) in [5, 5.41) is 11.5. The third kappa shape index (κ3) is 5.09. The number of amides is 1. The number of benzene rings is 3. The molecule has 1 heterocycles. The summed E-state index contributed by atoms with van der Waals surface area (Å²) in [7, 11) is 4.55. The molecule has 192 valence electrons. The van der Waals surface area contributed by atoms with Crippen LogP contribution in [0, 0.1) is 0 Å². The van der Waals surface area contributed by atoms with Crippen LogP contribution in [0.15, 0.2) is 72.3 Å². The van der Waals surface area contributed by atoms with Crippen molar-refractivity contribution in [2.45, 2.75) is 19.5 Å². The van der Waals surface area contributed by atoms with Gasteiger partial charge in [0.05, 0.1) is 45.1 Å². The van der Waals surface area contributed by atoms with Crippen molar-refractivity contribution in [3.8, 4) is 23.0 Å². The van der Waals surface area contributed by atoms with Gasteiger partial charge in [-0.2, -0.15) is 0 Å². The van der Waals surface area contributed by atoms with Crippen molar-refractivity contribution in [1.29, 1.82) is 0 Å². The molecule has 0 saturated carbocycles. The number of methoxy groups -OCH3 is 3. The van der Waals surface area contributed by atoms with E-state index in [1.807, 2.05) is 19.1 Å². The van der Waals surface area contributed by atoms with Gasteiger partial charge in [0.15, 0.2) is 0 Å². The van der Waals surface area contributed by atoms with Crippen LogP contribution in [0.1, 0.15) is 29.7 Å². The normalized spacial score (nSPS) is 16.5. The number of aliphatic hydroxyl groups excluding tert-OH is 1. The molecular formula is C29H29NO7. The molecule has 1 fully saturated rings. The molecule has 1 saturated heterocycles. The predicted molar refractivity (Wildman–Crippen MR) is 138 cm³/mol. The Labute approximate surface area is 215 Å². The number of Topliss-reactive ketones (excluding diaryl/α,β-unsaturated/α-hetero) is 1. The quantitative estimate of drug-likeness (QED) is 0.256. The van der Waals surface area contributed by atoms with E-state index in [4.69, 9.17) is 18.9 Å². The first-order valence-electron chi connectivity index (χ1n) is 11.8. The first kappa shape index (κ1) is 25.6. The average molecular weight is 504 g/mol. The first-order valence-corrected chi connectivity index (χ1v) is 11.8. The number of rotatable bonds is 9. The van der Waals surface area contributed by atoms with Gasteiger partial charge in [-0.05, 0) is 54.4 Å². The summed E-state index contributed by atoms with van der Waals surface area (Å²) < 4.78 is 21.6. The summed E-state index contributed by atoms with van der Waals surface area (Å²) in [6.45, 7) is 2.48. The average Bonchev–Trinajstić information content (AvgIpc) is 3.18. The maximum atomic E-state index is 13.4. The molecule has 1 N–H and O–H groups in total. The number of likely N-dealkylation sites (tertiary alicyclic amines) is 1. The predicted octanol–water partition coefficient (Wildman–Crippen LogP) is 4.73. The largest absolute Gasteiger partial charge is 0.507 e. The molecule has 3 aromatic rings. The molecule has 3 aromatic carbocycles. The van der Waals surface area contributed by atoms with Crippen molar-refractivity contribution in [2.24, 2.45) is 0 Å². The first-order chi connectivity index (χ1) is 17.9.